The second kappa shape index (κ2) is 10.3. The molecule has 0 aliphatic heterocycles. The molecule has 0 aromatic heterocycles. The SMILES string of the molecule is CC(Oc1ccc(Cl)cc1Cl)C(=O)Nc1cccc(C(=O)NC(C)c2ccccc2)c1. The number of rotatable bonds is 7. The minimum Gasteiger partial charge on any atom is -0.479 e. The van der Waals surface area contributed by atoms with E-state index in [9.17, 15) is 9.59 Å². The van der Waals surface area contributed by atoms with Crippen LogP contribution < -0.4 is 15.4 Å². The molecule has 3 aromatic carbocycles. The van der Waals surface area contributed by atoms with Gasteiger partial charge in [0.15, 0.2) is 6.10 Å². The summed E-state index contributed by atoms with van der Waals surface area (Å²) in [6.45, 7) is 3.53. The van der Waals surface area contributed by atoms with Crippen LogP contribution >= 0.6 is 23.2 Å². The quantitative estimate of drug-likeness (QED) is 0.465. The molecule has 3 rings (SSSR count). The first-order valence-corrected chi connectivity index (χ1v) is 10.5. The molecule has 0 saturated carbocycles. The van der Waals surface area contributed by atoms with Crippen LogP contribution in [0.4, 0.5) is 5.69 Å². The molecular weight excluding hydrogens is 435 g/mol. The second-order valence-corrected chi connectivity index (χ2v) is 7.85. The van der Waals surface area contributed by atoms with Gasteiger partial charge in [0, 0.05) is 16.3 Å². The molecule has 2 unspecified atom stereocenters. The molecule has 5 nitrogen and oxygen atoms in total. The number of benzene rings is 3. The van der Waals surface area contributed by atoms with E-state index in [2.05, 4.69) is 10.6 Å². The van der Waals surface area contributed by atoms with Crippen molar-refractivity contribution >= 4 is 40.7 Å². The van der Waals surface area contributed by atoms with Gasteiger partial charge in [0.05, 0.1) is 11.1 Å². The van der Waals surface area contributed by atoms with Gasteiger partial charge in [-0.3, -0.25) is 9.59 Å². The van der Waals surface area contributed by atoms with E-state index >= 15 is 0 Å². The van der Waals surface area contributed by atoms with E-state index in [1.54, 1.807) is 49.4 Å². The number of nitrogens with one attached hydrogen (secondary N) is 2. The van der Waals surface area contributed by atoms with Gasteiger partial charge in [-0.2, -0.15) is 0 Å². The van der Waals surface area contributed by atoms with Crippen LogP contribution in [0.5, 0.6) is 5.75 Å². The number of halogens is 2. The number of anilines is 1. The Morgan fingerprint density at radius 2 is 1.65 bits per heavy atom. The van der Waals surface area contributed by atoms with Crippen molar-refractivity contribution in [2.24, 2.45) is 0 Å². The molecule has 31 heavy (non-hydrogen) atoms. The molecule has 0 fully saturated rings. The number of hydrogen-bond acceptors (Lipinski definition) is 3. The third kappa shape index (κ3) is 6.23. The highest BCUT2D eigenvalue weighted by molar-refractivity contribution is 6.35. The number of amides is 2. The highest BCUT2D eigenvalue weighted by Gasteiger charge is 2.18. The Labute approximate surface area is 191 Å². The number of carbonyl (C=O) groups is 2. The zero-order valence-corrected chi connectivity index (χ0v) is 18.6. The summed E-state index contributed by atoms with van der Waals surface area (Å²) in [5.74, 6) is -0.248. The van der Waals surface area contributed by atoms with Gasteiger partial charge < -0.3 is 15.4 Å². The maximum Gasteiger partial charge on any atom is 0.265 e. The van der Waals surface area contributed by atoms with Crippen LogP contribution in [0, 0.1) is 0 Å². The van der Waals surface area contributed by atoms with Crippen LogP contribution in [0.3, 0.4) is 0 Å². The first-order chi connectivity index (χ1) is 14.8. The number of hydrogen-bond donors (Lipinski definition) is 2. The van der Waals surface area contributed by atoms with E-state index < -0.39 is 6.10 Å². The minimum absolute atomic E-state index is 0.149. The largest absolute Gasteiger partial charge is 0.479 e. The molecule has 2 N–H and O–H groups in total. The van der Waals surface area contributed by atoms with Crippen molar-refractivity contribution in [2.45, 2.75) is 26.0 Å². The van der Waals surface area contributed by atoms with Crippen molar-refractivity contribution in [3.63, 3.8) is 0 Å². The summed E-state index contributed by atoms with van der Waals surface area (Å²) in [5.41, 5.74) is 1.93. The molecule has 0 spiro atoms. The van der Waals surface area contributed by atoms with Crippen molar-refractivity contribution in [3.05, 3.63) is 94.0 Å². The van der Waals surface area contributed by atoms with Crippen molar-refractivity contribution in [2.75, 3.05) is 5.32 Å². The van der Waals surface area contributed by atoms with E-state index in [4.69, 9.17) is 27.9 Å². The van der Waals surface area contributed by atoms with Gasteiger partial charge in [0.1, 0.15) is 5.75 Å². The molecule has 3 aromatic rings. The molecule has 2 amide bonds. The lowest BCUT2D eigenvalue weighted by molar-refractivity contribution is -0.122. The van der Waals surface area contributed by atoms with Gasteiger partial charge in [0.2, 0.25) is 0 Å². The van der Waals surface area contributed by atoms with Crippen LogP contribution in [-0.4, -0.2) is 17.9 Å². The third-order valence-electron chi connectivity index (χ3n) is 4.61. The fraction of sp³-hybridized carbons (Fsp3) is 0.167. The van der Waals surface area contributed by atoms with Crippen LogP contribution in [0.25, 0.3) is 0 Å². The van der Waals surface area contributed by atoms with Gasteiger partial charge in [-0.25, -0.2) is 0 Å². The normalized spacial score (nSPS) is 12.5. The van der Waals surface area contributed by atoms with Crippen molar-refractivity contribution in [1.82, 2.24) is 5.32 Å². The maximum absolute atomic E-state index is 12.6. The third-order valence-corrected chi connectivity index (χ3v) is 5.14. The summed E-state index contributed by atoms with van der Waals surface area (Å²) in [7, 11) is 0. The standard InChI is InChI=1S/C24H22Cl2N2O3/c1-15(17-7-4-3-5-8-17)27-24(30)18-9-6-10-20(13-18)28-23(29)16(2)31-22-12-11-19(25)14-21(22)26/h3-16H,1-2H3,(H,27,30)(H,28,29). The van der Waals surface area contributed by atoms with Crippen LogP contribution in [0.2, 0.25) is 10.0 Å². The zero-order valence-electron chi connectivity index (χ0n) is 17.1. The molecule has 2 atom stereocenters. The summed E-state index contributed by atoms with van der Waals surface area (Å²) >= 11 is 12.0. The topological polar surface area (TPSA) is 67.4 Å². The summed E-state index contributed by atoms with van der Waals surface area (Å²) in [6.07, 6.45) is -0.811. The summed E-state index contributed by atoms with van der Waals surface area (Å²) in [6, 6.07) is 21.0. The highest BCUT2D eigenvalue weighted by Crippen LogP contribution is 2.28. The predicted octanol–water partition coefficient (Wildman–Crippen LogP) is 5.89. The fourth-order valence-corrected chi connectivity index (χ4v) is 3.35. The molecule has 0 radical (unpaired) electrons. The Morgan fingerprint density at radius 1 is 0.903 bits per heavy atom. The summed E-state index contributed by atoms with van der Waals surface area (Å²) < 4.78 is 5.63. The average molecular weight is 457 g/mol. The Morgan fingerprint density at radius 3 is 2.35 bits per heavy atom. The Kier molecular flexibility index (Phi) is 7.55. The van der Waals surface area contributed by atoms with Crippen LogP contribution in [0.15, 0.2) is 72.8 Å². The molecule has 0 heterocycles. The van der Waals surface area contributed by atoms with Gasteiger partial charge in [-0.05, 0) is 55.8 Å². The smallest absolute Gasteiger partial charge is 0.265 e. The summed E-state index contributed by atoms with van der Waals surface area (Å²) in [4.78, 5) is 25.2. The molecule has 0 saturated heterocycles. The predicted molar refractivity (Wildman–Crippen MR) is 124 cm³/mol. The van der Waals surface area contributed by atoms with E-state index in [1.807, 2.05) is 37.3 Å². The van der Waals surface area contributed by atoms with Gasteiger partial charge in [-0.15, -0.1) is 0 Å². The van der Waals surface area contributed by atoms with Crippen LogP contribution in [-0.2, 0) is 4.79 Å². The Bertz CT molecular complexity index is 1070. The van der Waals surface area contributed by atoms with Crippen molar-refractivity contribution in [1.29, 1.82) is 0 Å². The molecule has 0 aliphatic carbocycles. The Hall–Kier alpha value is -3.02. The molecule has 7 heteroatoms. The lowest BCUT2D eigenvalue weighted by Gasteiger charge is -2.17. The monoisotopic (exact) mass is 456 g/mol. The minimum atomic E-state index is -0.811. The molecular formula is C24H22Cl2N2O3. The van der Waals surface area contributed by atoms with E-state index in [-0.39, 0.29) is 17.9 Å². The van der Waals surface area contributed by atoms with Crippen molar-refractivity contribution < 1.29 is 14.3 Å². The second-order valence-electron chi connectivity index (χ2n) is 7.01. The number of carbonyl (C=O) groups excluding carboxylic acids is 2. The van der Waals surface area contributed by atoms with Gasteiger partial charge >= 0.3 is 0 Å². The van der Waals surface area contributed by atoms with E-state index in [0.29, 0.717) is 27.0 Å². The van der Waals surface area contributed by atoms with E-state index in [1.165, 1.54) is 0 Å². The average Bonchev–Trinajstić information content (AvgIpc) is 2.76. The molecule has 0 aliphatic rings. The van der Waals surface area contributed by atoms with E-state index in [0.717, 1.165) is 5.56 Å². The highest BCUT2D eigenvalue weighted by atomic mass is 35.5. The van der Waals surface area contributed by atoms with Gasteiger partial charge in [-0.1, -0.05) is 59.6 Å². The summed E-state index contributed by atoms with van der Waals surface area (Å²) in [5, 5.41) is 6.51. The lowest BCUT2D eigenvalue weighted by Crippen LogP contribution is -2.30. The first kappa shape index (κ1) is 22.7. The van der Waals surface area contributed by atoms with Gasteiger partial charge in [0.25, 0.3) is 11.8 Å². The van der Waals surface area contributed by atoms with Crippen molar-refractivity contribution in [3.8, 4) is 5.75 Å². The molecule has 160 valence electrons. The first-order valence-electron chi connectivity index (χ1n) is 9.72. The van der Waals surface area contributed by atoms with Crippen LogP contribution in [0.1, 0.15) is 35.8 Å². The molecule has 0 bridgehead atoms. The fourth-order valence-electron chi connectivity index (χ4n) is 2.90. The number of ether oxygens (including phenoxy) is 1. The zero-order chi connectivity index (χ0) is 22.4. The Balaban J connectivity index is 1.62. The lowest BCUT2D eigenvalue weighted by atomic mass is 10.1. The maximum atomic E-state index is 12.6.